The second kappa shape index (κ2) is 6.78. The maximum absolute atomic E-state index is 13.3. The van der Waals surface area contributed by atoms with Crippen LogP contribution in [0.25, 0.3) is 11.4 Å². The van der Waals surface area contributed by atoms with Crippen molar-refractivity contribution >= 4 is 5.90 Å². The van der Waals surface area contributed by atoms with Gasteiger partial charge in [0.2, 0.25) is 5.90 Å². The van der Waals surface area contributed by atoms with Crippen molar-refractivity contribution in [1.82, 2.24) is 24.5 Å². The monoisotopic (exact) mass is 436 g/mol. The molecule has 6 rings (SSSR count). The predicted molar refractivity (Wildman–Crippen MR) is 108 cm³/mol. The molecule has 2 aliphatic heterocycles. The van der Waals surface area contributed by atoms with Crippen molar-refractivity contribution in [3.8, 4) is 11.4 Å². The first-order valence-electron chi connectivity index (χ1n) is 9.93. The molecule has 1 atom stereocenters. The molecule has 2 aliphatic rings. The first-order valence-corrected chi connectivity index (χ1v) is 9.93. The minimum atomic E-state index is -4.47. The molecule has 0 spiro atoms. The van der Waals surface area contributed by atoms with Gasteiger partial charge in [-0.25, -0.2) is 14.7 Å². The zero-order chi connectivity index (χ0) is 21.9. The molecule has 0 bridgehead atoms. The van der Waals surface area contributed by atoms with Gasteiger partial charge in [0.05, 0.1) is 34.5 Å². The third kappa shape index (κ3) is 2.90. The van der Waals surface area contributed by atoms with Crippen LogP contribution < -0.4 is 0 Å². The molecular formula is C22H15F3N6O. The summed E-state index contributed by atoms with van der Waals surface area (Å²) in [5, 5.41) is 7.94. The molecule has 2 aromatic carbocycles. The van der Waals surface area contributed by atoms with Gasteiger partial charge in [-0.15, -0.1) is 5.10 Å². The van der Waals surface area contributed by atoms with Crippen LogP contribution in [0.4, 0.5) is 13.2 Å². The Bertz CT molecular complexity index is 1360. The van der Waals surface area contributed by atoms with Crippen LogP contribution in [0, 0.1) is 0 Å². The Hall–Kier alpha value is -3.95. The Morgan fingerprint density at radius 3 is 2.69 bits per heavy atom. The van der Waals surface area contributed by atoms with Crippen molar-refractivity contribution in [1.29, 1.82) is 0 Å². The van der Waals surface area contributed by atoms with Crippen molar-refractivity contribution in [2.75, 3.05) is 6.61 Å². The van der Waals surface area contributed by atoms with Crippen molar-refractivity contribution in [3.63, 3.8) is 0 Å². The topological polar surface area (TPSA) is 70.1 Å². The van der Waals surface area contributed by atoms with E-state index in [4.69, 9.17) is 9.73 Å². The summed E-state index contributed by atoms with van der Waals surface area (Å²) in [7, 11) is 0. The van der Waals surface area contributed by atoms with Gasteiger partial charge in [-0.2, -0.15) is 13.2 Å². The molecule has 0 saturated carbocycles. The number of fused-ring (bicyclic) bond motifs is 5. The fraction of sp³-hybridized carbons (Fsp3) is 0.182. The summed E-state index contributed by atoms with van der Waals surface area (Å²) in [5.74, 6) is 0.419. The number of aliphatic imine (C=N–C) groups is 1. The molecule has 7 nitrogen and oxygen atoms in total. The molecule has 32 heavy (non-hydrogen) atoms. The zero-order valence-electron chi connectivity index (χ0n) is 16.5. The molecule has 0 aliphatic carbocycles. The summed E-state index contributed by atoms with van der Waals surface area (Å²) in [6, 6.07) is 13.3. The summed E-state index contributed by atoms with van der Waals surface area (Å²) < 4.78 is 49.1. The highest BCUT2D eigenvalue weighted by molar-refractivity contribution is 5.95. The fourth-order valence-electron chi connectivity index (χ4n) is 4.10. The van der Waals surface area contributed by atoms with Crippen LogP contribution >= 0.6 is 0 Å². The smallest absolute Gasteiger partial charge is 0.416 e. The van der Waals surface area contributed by atoms with E-state index in [0.29, 0.717) is 36.0 Å². The first-order chi connectivity index (χ1) is 15.5. The molecular weight excluding hydrogens is 421 g/mol. The molecule has 0 fully saturated rings. The van der Waals surface area contributed by atoms with Gasteiger partial charge in [0, 0.05) is 6.42 Å². The van der Waals surface area contributed by atoms with Crippen LogP contribution in [0.5, 0.6) is 0 Å². The van der Waals surface area contributed by atoms with E-state index in [9.17, 15) is 13.2 Å². The second-order valence-corrected chi connectivity index (χ2v) is 7.60. The van der Waals surface area contributed by atoms with Crippen LogP contribution in [0.3, 0.4) is 0 Å². The highest BCUT2D eigenvalue weighted by Gasteiger charge is 2.34. The quantitative estimate of drug-likeness (QED) is 0.421. The van der Waals surface area contributed by atoms with Crippen LogP contribution in [-0.4, -0.2) is 37.0 Å². The summed E-state index contributed by atoms with van der Waals surface area (Å²) in [5.41, 5.74) is 3.05. The average molecular weight is 436 g/mol. The summed E-state index contributed by atoms with van der Waals surface area (Å²) >= 11 is 0. The zero-order valence-corrected chi connectivity index (χ0v) is 16.5. The van der Waals surface area contributed by atoms with Gasteiger partial charge in [0.25, 0.3) is 0 Å². The van der Waals surface area contributed by atoms with Gasteiger partial charge in [-0.3, -0.25) is 4.57 Å². The van der Waals surface area contributed by atoms with E-state index < -0.39 is 11.7 Å². The fourth-order valence-corrected chi connectivity index (χ4v) is 4.10. The molecule has 10 heteroatoms. The molecule has 4 aromatic rings. The van der Waals surface area contributed by atoms with E-state index in [-0.39, 0.29) is 11.7 Å². The summed E-state index contributed by atoms with van der Waals surface area (Å²) in [4.78, 5) is 9.23. The molecule has 0 N–H and O–H groups in total. The number of halogens is 3. The van der Waals surface area contributed by atoms with Crippen LogP contribution in [0.15, 0.2) is 66.0 Å². The maximum Gasteiger partial charge on any atom is 0.416 e. The number of alkyl halides is 3. The van der Waals surface area contributed by atoms with Gasteiger partial charge in [-0.1, -0.05) is 35.5 Å². The van der Waals surface area contributed by atoms with Gasteiger partial charge in [-0.05, 0) is 23.8 Å². The Kier molecular flexibility index (Phi) is 3.98. The molecule has 0 saturated heterocycles. The highest BCUT2D eigenvalue weighted by atomic mass is 19.4. The van der Waals surface area contributed by atoms with Crippen LogP contribution in [0.2, 0.25) is 0 Å². The van der Waals surface area contributed by atoms with E-state index >= 15 is 0 Å². The summed E-state index contributed by atoms with van der Waals surface area (Å²) in [6.07, 6.45) is -0.987. The van der Waals surface area contributed by atoms with Gasteiger partial charge in [0.1, 0.15) is 24.7 Å². The normalized spacial score (nSPS) is 17.1. The Balaban J connectivity index is 1.48. The molecule has 4 heterocycles. The van der Waals surface area contributed by atoms with Crippen LogP contribution in [-0.2, 0) is 17.3 Å². The number of benzene rings is 2. The first kappa shape index (κ1) is 18.8. The van der Waals surface area contributed by atoms with Crippen molar-refractivity contribution in [2.45, 2.75) is 18.6 Å². The largest absolute Gasteiger partial charge is 0.474 e. The second-order valence-electron chi connectivity index (χ2n) is 7.60. The number of hydrogen-bond acceptors (Lipinski definition) is 5. The lowest BCUT2D eigenvalue weighted by Gasteiger charge is -2.13. The Labute approximate surface area is 179 Å². The standard InChI is InChI=1S/C22H15F3N6O/c23-22(24,25)14-6-7-17-18(8-14)31-15(10-27-29-31)9-19-20(26-12-30(17)19)21-28-16(11-32-21)13-4-2-1-3-5-13/h1-8,10,12,16H,9,11H2/t16-/m0/s1. The molecule has 0 unspecified atom stereocenters. The predicted octanol–water partition coefficient (Wildman–Crippen LogP) is 3.89. The van der Waals surface area contributed by atoms with Crippen molar-refractivity contribution < 1.29 is 17.9 Å². The Morgan fingerprint density at radius 1 is 1.03 bits per heavy atom. The molecule has 0 radical (unpaired) electrons. The third-order valence-corrected chi connectivity index (χ3v) is 5.66. The van der Waals surface area contributed by atoms with E-state index in [0.717, 1.165) is 23.4 Å². The lowest BCUT2D eigenvalue weighted by Crippen LogP contribution is -2.09. The number of imidazole rings is 1. The molecule has 0 amide bonds. The summed E-state index contributed by atoms with van der Waals surface area (Å²) in [6.45, 7) is 0.399. The lowest BCUT2D eigenvalue weighted by molar-refractivity contribution is -0.137. The van der Waals surface area contributed by atoms with Gasteiger partial charge >= 0.3 is 6.18 Å². The highest BCUT2D eigenvalue weighted by Crippen LogP contribution is 2.36. The SMILES string of the molecule is FC(F)(F)c1ccc2c(c1)-n1nncc1Cc1c(C3=N[C@H](c4ccccc4)CO3)ncn1-2. The minimum Gasteiger partial charge on any atom is -0.474 e. The van der Waals surface area contributed by atoms with Gasteiger partial charge < -0.3 is 4.74 Å². The van der Waals surface area contributed by atoms with E-state index in [1.807, 2.05) is 30.3 Å². The third-order valence-electron chi connectivity index (χ3n) is 5.66. The number of hydrogen-bond donors (Lipinski definition) is 0. The maximum atomic E-state index is 13.3. The number of nitrogens with zero attached hydrogens (tertiary/aromatic N) is 6. The van der Waals surface area contributed by atoms with E-state index in [1.165, 1.54) is 10.7 Å². The average Bonchev–Trinajstić information content (AvgIpc) is 3.52. The van der Waals surface area contributed by atoms with E-state index in [1.54, 1.807) is 17.1 Å². The van der Waals surface area contributed by atoms with Crippen molar-refractivity contribution in [2.24, 2.45) is 4.99 Å². The minimum absolute atomic E-state index is 0.136. The van der Waals surface area contributed by atoms with Crippen LogP contribution in [0.1, 0.15) is 34.3 Å². The number of rotatable bonds is 2. The molecule has 160 valence electrons. The Morgan fingerprint density at radius 2 is 1.88 bits per heavy atom. The lowest BCUT2D eigenvalue weighted by atomic mass is 10.1. The van der Waals surface area contributed by atoms with E-state index in [2.05, 4.69) is 15.3 Å². The van der Waals surface area contributed by atoms with Gasteiger partial charge in [0.15, 0.2) is 0 Å². The number of ether oxygens (including phenoxy) is 1. The number of aromatic nitrogens is 5. The molecule has 2 aromatic heterocycles. The van der Waals surface area contributed by atoms with Crippen molar-refractivity contribution in [3.05, 3.63) is 89.3 Å².